The van der Waals surface area contributed by atoms with Gasteiger partial charge in [-0.3, -0.25) is 4.68 Å². The van der Waals surface area contributed by atoms with Crippen LogP contribution in [0.25, 0.3) is 0 Å². The Morgan fingerprint density at radius 2 is 2.29 bits per heavy atom. The van der Waals surface area contributed by atoms with E-state index in [1.54, 1.807) is 0 Å². The molecule has 1 aromatic rings. The molecule has 1 saturated heterocycles. The number of aromatic nitrogens is 2. The van der Waals surface area contributed by atoms with E-state index in [4.69, 9.17) is 4.74 Å². The minimum atomic E-state index is 0.635. The van der Waals surface area contributed by atoms with Gasteiger partial charge in [0.15, 0.2) is 0 Å². The maximum absolute atomic E-state index is 5.60. The molecule has 5 nitrogen and oxygen atoms in total. The Labute approximate surface area is 128 Å². The molecule has 2 heterocycles. The zero-order chi connectivity index (χ0) is 15.2. The molecule has 2 rings (SSSR count). The van der Waals surface area contributed by atoms with Gasteiger partial charge in [0, 0.05) is 39.4 Å². The van der Waals surface area contributed by atoms with Crippen LogP contribution in [0.4, 0.5) is 5.82 Å². The first-order valence-electron chi connectivity index (χ1n) is 8.15. The lowest BCUT2D eigenvalue weighted by Gasteiger charge is -2.29. The summed E-state index contributed by atoms with van der Waals surface area (Å²) in [6.45, 7) is 9.10. The van der Waals surface area contributed by atoms with Crippen LogP contribution in [0.15, 0.2) is 0 Å². The average molecular weight is 294 g/mol. The second kappa shape index (κ2) is 7.80. The molecule has 0 amide bonds. The number of nitrogens with zero attached hydrogens (tertiary/aromatic N) is 3. The van der Waals surface area contributed by atoms with Crippen LogP contribution in [0.2, 0.25) is 0 Å². The largest absolute Gasteiger partial charge is 0.381 e. The molecule has 0 saturated carbocycles. The summed E-state index contributed by atoms with van der Waals surface area (Å²) in [6, 6.07) is 0. The quantitative estimate of drug-likeness (QED) is 0.782. The molecule has 0 aromatic carbocycles. The zero-order valence-corrected chi connectivity index (χ0v) is 14.0. The molecule has 1 aliphatic heterocycles. The molecule has 1 fully saturated rings. The van der Waals surface area contributed by atoms with Crippen molar-refractivity contribution in [3.05, 3.63) is 11.3 Å². The molecular formula is C16H30N4O. The van der Waals surface area contributed by atoms with Gasteiger partial charge in [0.25, 0.3) is 0 Å². The summed E-state index contributed by atoms with van der Waals surface area (Å²) < 4.78 is 7.62. The predicted molar refractivity (Wildman–Crippen MR) is 86.8 cm³/mol. The van der Waals surface area contributed by atoms with Crippen molar-refractivity contribution >= 4 is 5.82 Å². The van der Waals surface area contributed by atoms with Gasteiger partial charge in [-0.1, -0.05) is 6.92 Å². The van der Waals surface area contributed by atoms with Crippen molar-refractivity contribution < 1.29 is 4.74 Å². The molecule has 1 aromatic heterocycles. The third-order valence-corrected chi connectivity index (χ3v) is 4.19. The molecule has 0 aliphatic carbocycles. The van der Waals surface area contributed by atoms with Gasteiger partial charge in [-0.05, 0) is 38.6 Å². The molecule has 120 valence electrons. The fraction of sp³-hybridized carbons (Fsp3) is 0.812. The van der Waals surface area contributed by atoms with Crippen LogP contribution in [0.5, 0.6) is 0 Å². The first kappa shape index (κ1) is 16.3. The van der Waals surface area contributed by atoms with Gasteiger partial charge in [0.2, 0.25) is 0 Å². The van der Waals surface area contributed by atoms with E-state index in [0.29, 0.717) is 5.92 Å². The van der Waals surface area contributed by atoms with Crippen LogP contribution in [0.1, 0.15) is 37.4 Å². The number of aryl methyl sites for hydroxylation is 2. The molecule has 0 bridgehead atoms. The van der Waals surface area contributed by atoms with E-state index in [1.165, 1.54) is 24.2 Å². The van der Waals surface area contributed by atoms with E-state index in [0.717, 1.165) is 45.0 Å². The molecule has 1 aliphatic rings. The molecule has 0 radical (unpaired) electrons. The van der Waals surface area contributed by atoms with E-state index >= 15 is 0 Å². The minimum absolute atomic E-state index is 0.635. The normalized spacial score (nSPS) is 19.0. The summed E-state index contributed by atoms with van der Waals surface area (Å²) in [5.41, 5.74) is 2.45. The van der Waals surface area contributed by atoms with Crippen LogP contribution in [0, 0.1) is 12.8 Å². The highest BCUT2D eigenvalue weighted by atomic mass is 16.5. The fourth-order valence-corrected chi connectivity index (χ4v) is 3.19. The lowest BCUT2D eigenvalue weighted by molar-refractivity contribution is 0.0575. The van der Waals surface area contributed by atoms with Crippen LogP contribution in [-0.2, 0) is 18.3 Å². The van der Waals surface area contributed by atoms with Crippen molar-refractivity contribution in [1.29, 1.82) is 0 Å². The Hall–Kier alpha value is -1.07. The van der Waals surface area contributed by atoms with Crippen molar-refractivity contribution in [2.24, 2.45) is 13.0 Å². The maximum atomic E-state index is 5.60. The number of hydrogen-bond acceptors (Lipinski definition) is 4. The topological polar surface area (TPSA) is 42.3 Å². The van der Waals surface area contributed by atoms with Crippen molar-refractivity contribution in [2.75, 3.05) is 38.3 Å². The molecule has 5 heteroatoms. The third-order valence-electron chi connectivity index (χ3n) is 4.19. The van der Waals surface area contributed by atoms with Gasteiger partial charge >= 0.3 is 0 Å². The van der Waals surface area contributed by atoms with Crippen LogP contribution >= 0.6 is 0 Å². The van der Waals surface area contributed by atoms with Gasteiger partial charge < -0.3 is 15.0 Å². The summed E-state index contributed by atoms with van der Waals surface area (Å²) in [4.78, 5) is 2.35. The van der Waals surface area contributed by atoms with E-state index < -0.39 is 0 Å². The first-order valence-corrected chi connectivity index (χ1v) is 8.15. The highest BCUT2D eigenvalue weighted by Crippen LogP contribution is 2.24. The van der Waals surface area contributed by atoms with Crippen LogP contribution in [0.3, 0.4) is 0 Å². The van der Waals surface area contributed by atoms with E-state index in [9.17, 15) is 0 Å². The summed E-state index contributed by atoms with van der Waals surface area (Å²) in [7, 11) is 4.22. The summed E-state index contributed by atoms with van der Waals surface area (Å²) in [6.07, 6.45) is 3.61. The summed E-state index contributed by atoms with van der Waals surface area (Å²) in [5.74, 6) is 1.87. The number of hydrogen-bond donors (Lipinski definition) is 1. The highest BCUT2D eigenvalue weighted by Gasteiger charge is 2.21. The Bertz CT molecular complexity index is 438. The molecule has 1 atom stereocenters. The third kappa shape index (κ3) is 4.20. The van der Waals surface area contributed by atoms with Gasteiger partial charge in [-0.2, -0.15) is 5.10 Å². The van der Waals surface area contributed by atoms with Crippen molar-refractivity contribution in [3.8, 4) is 0 Å². The SMILES string of the molecule is CCCNCc1c(C)nn(C)c1N(C)CC1CCCOC1. The minimum Gasteiger partial charge on any atom is -0.381 e. The Morgan fingerprint density at radius 3 is 2.95 bits per heavy atom. The number of rotatable bonds is 7. The second-order valence-electron chi connectivity index (χ2n) is 6.15. The van der Waals surface area contributed by atoms with Crippen LogP contribution < -0.4 is 10.2 Å². The maximum Gasteiger partial charge on any atom is 0.131 e. The number of nitrogens with one attached hydrogen (secondary N) is 1. The molecule has 0 spiro atoms. The number of anilines is 1. The molecule has 21 heavy (non-hydrogen) atoms. The predicted octanol–water partition coefficient (Wildman–Crippen LogP) is 2.09. The molecular weight excluding hydrogens is 264 g/mol. The van der Waals surface area contributed by atoms with Crippen molar-refractivity contribution in [3.63, 3.8) is 0 Å². The number of ether oxygens (including phenoxy) is 1. The standard InChI is InChI=1S/C16H30N4O/c1-5-8-17-10-15-13(2)18-20(4)16(15)19(3)11-14-7-6-9-21-12-14/h14,17H,5-12H2,1-4H3. The van der Waals surface area contributed by atoms with Gasteiger partial charge in [0.05, 0.1) is 12.3 Å². The van der Waals surface area contributed by atoms with Crippen LogP contribution in [-0.4, -0.2) is 43.1 Å². The highest BCUT2D eigenvalue weighted by molar-refractivity contribution is 5.49. The summed E-state index contributed by atoms with van der Waals surface area (Å²) in [5, 5.41) is 8.11. The Morgan fingerprint density at radius 1 is 1.48 bits per heavy atom. The van der Waals surface area contributed by atoms with E-state index in [1.807, 2.05) is 11.7 Å². The Balaban J connectivity index is 2.05. The first-order chi connectivity index (χ1) is 10.1. The van der Waals surface area contributed by atoms with Gasteiger partial charge in [0.1, 0.15) is 5.82 Å². The van der Waals surface area contributed by atoms with Gasteiger partial charge in [-0.25, -0.2) is 0 Å². The average Bonchev–Trinajstić information content (AvgIpc) is 2.74. The Kier molecular flexibility index (Phi) is 6.06. The van der Waals surface area contributed by atoms with Gasteiger partial charge in [-0.15, -0.1) is 0 Å². The van der Waals surface area contributed by atoms with Crippen molar-refractivity contribution in [2.45, 2.75) is 39.7 Å². The monoisotopic (exact) mass is 294 g/mol. The van der Waals surface area contributed by atoms with E-state index in [-0.39, 0.29) is 0 Å². The molecule has 1 N–H and O–H groups in total. The smallest absolute Gasteiger partial charge is 0.131 e. The van der Waals surface area contributed by atoms with E-state index in [2.05, 4.69) is 36.2 Å². The zero-order valence-electron chi connectivity index (χ0n) is 14.0. The lowest BCUT2D eigenvalue weighted by Crippen LogP contribution is -2.32. The summed E-state index contributed by atoms with van der Waals surface area (Å²) >= 11 is 0. The van der Waals surface area contributed by atoms with Crippen molar-refractivity contribution in [1.82, 2.24) is 15.1 Å². The molecule has 1 unspecified atom stereocenters. The lowest BCUT2D eigenvalue weighted by atomic mass is 10.0. The fourth-order valence-electron chi connectivity index (χ4n) is 3.19. The second-order valence-corrected chi connectivity index (χ2v) is 6.15.